The van der Waals surface area contributed by atoms with E-state index in [4.69, 9.17) is 11.6 Å². The standard InChI is InChI=1S/C22H18ClN5S/c1-12-4-6-16(7-5-12)26-22-28-21-20(29-22)19(15(10-24)11-25-21)27-18-9-17(23)13(2)8-14(18)3/h4-9,11H,1-3H3,(H2,25,26,27,28). The molecule has 0 fully saturated rings. The second kappa shape index (κ2) is 7.70. The zero-order valence-electron chi connectivity index (χ0n) is 16.2. The summed E-state index contributed by atoms with van der Waals surface area (Å²) in [4.78, 5) is 8.94. The minimum atomic E-state index is 0.458. The minimum absolute atomic E-state index is 0.458. The number of fused-ring (bicyclic) bond motifs is 1. The van der Waals surface area contributed by atoms with Gasteiger partial charge in [-0.3, -0.25) is 0 Å². The predicted octanol–water partition coefficient (Wildman–Crippen LogP) is 6.63. The van der Waals surface area contributed by atoms with Crippen LogP contribution in [0, 0.1) is 32.1 Å². The predicted molar refractivity (Wildman–Crippen MR) is 121 cm³/mol. The molecule has 2 heterocycles. The highest BCUT2D eigenvalue weighted by Gasteiger charge is 2.16. The third kappa shape index (κ3) is 3.88. The van der Waals surface area contributed by atoms with Gasteiger partial charge in [-0.05, 0) is 50.1 Å². The molecule has 4 rings (SSSR count). The highest BCUT2D eigenvalue weighted by atomic mass is 35.5. The summed E-state index contributed by atoms with van der Waals surface area (Å²) < 4.78 is 0.815. The Kier molecular flexibility index (Phi) is 5.10. The lowest BCUT2D eigenvalue weighted by Gasteiger charge is -2.13. The minimum Gasteiger partial charge on any atom is -0.353 e. The Bertz CT molecular complexity index is 1260. The van der Waals surface area contributed by atoms with Crippen molar-refractivity contribution < 1.29 is 0 Å². The number of halogens is 1. The van der Waals surface area contributed by atoms with E-state index >= 15 is 0 Å². The molecule has 0 aliphatic rings. The van der Waals surface area contributed by atoms with Crippen LogP contribution in [-0.4, -0.2) is 9.97 Å². The first-order valence-corrected chi connectivity index (χ1v) is 10.2. The second-order valence-corrected chi connectivity index (χ2v) is 8.27. The van der Waals surface area contributed by atoms with Crippen molar-refractivity contribution in [3.05, 3.63) is 69.9 Å². The number of thiazole rings is 1. The second-order valence-electron chi connectivity index (χ2n) is 6.86. The topological polar surface area (TPSA) is 73.6 Å². The summed E-state index contributed by atoms with van der Waals surface area (Å²) >= 11 is 7.77. The van der Waals surface area contributed by atoms with Crippen molar-refractivity contribution in [1.82, 2.24) is 9.97 Å². The third-order valence-electron chi connectivity index (χ3n) is 4.61. The number of nitrogens with zero attached hydrogens (tertiary/aromatic N) is 3. The molecular weight excluding hydrogens is 402 g/mol. The lowest BCUT2D eigenvalue weighted by Crippen LogP contribution is -1.98. The highest BCUT2D eigenvalue weighted by molar-refractivity contribution is 7.22. The van der Waals surface area contributed by atoms with Crippen LogP contribution < -0.4 is 10.6 Å². The van der Waals surface area contributed by atoms with Gasteiger partial charge in [-0.1, -0.05) is 46.7 Å². The maximum absolute atomic E-state index is 9.60. The van der Waals surface area contributed by atoms with Crippen LogP contribution >= 0.6 is 22.9 Å². The van der Waals surface area contributed by atoms with E-state index in [0.29, 0.717) is 27.1 Å². The molecule has 5 nitrogen and oxygen atoms in total. The Morgan fingerprint density at radius 3 is 2.52 bits per heavy atom. The molecule has 29 heavy (non-hydrogen) atoms. The first-order chi connectivity index (χ1) is 13.9. The summed E-state index contributed by atoms with van der Waals surface area (Å²) in [7, 11) is 0. The van der Waals surface area contributed by atoms with E-state index in [-0.39, 0.29) is 0 Å². The lowest BCUT2D eigenvalue weighted by atomic mass is 10.1. The average Bonchev–Trinajstić information content (AvgIpc) is 3.11. The van der Waals surface area contributed by atoms with Gasteiger partial charge in [0.2, 0.25) is 0 Å². The third-order valence-corrected chi connectivity index (χ3v) is 5.99. The number of anilines is 4. The summed E-state index contributed by atoms with van der Waals surface area (Å²) in [6.45, 7) is 6.02. The Balaban J connectivity index is 1.76. The lowest BCUT2D eigenvalue weighted by molar-refractivity contribution is 1.30. The number of aryl methyl sites for hydroxylation is 3. The maximum atomic E-state index is 9.60. The summed E-state index contributed by atoms with van der Waals surface area (Å²) in [5.74, 6) is 0. The molecule has 0 aliphatic carbocycles. The molecule has 0 atom stereocenters. The van der Waals surface area contributed by atoms with Gasteiger partial charge in [-0.25, -0.2) is 4.98 Å². The van der Waals surface area contributed by atoms with Crippen molar-refractivity contribution in [3.8, 4) is 6.07 Å². The summed E-state index contributed by atoms with van der Waals surface area (Å²) in [6.07, 6.45) is 1.55. The number of benzene rings is 2. The van der Waals surface area contributed by atoms with E-state index in [2.05, 4.69) is 26.7 Å². The van der Waals surface area contributed by atoms with Gasteiger partial charge in [0.05, 0.1) is 11.3 Å². The Labute approximate surface area is 178 Å². The number of aromatic nitrogens is 2. The van der Waals surface area contributed by atoms with Gasteiger partial charge in [0.1, 0.15) is 10.8 Å². The van der Waals surface area contributed by atoms with Crippen LogP contribution in [0.1, 0.15) is 22.3 Å². The van der Waals surface area contributed by atoms with Gasteiger partial charge in [0.25, 0.3) is 0 Å². The van der Waals surface area contributed by atoms with Crippen molar-refractivity contribution in [2.24, 2.45) is 0 Å². The molecule has 2 aromatic heterocycles. The normalized spacial score (nSPS) is 10.7. The van der Waals surface area contributed by atoms with Crippen molar-refractivity contribution >= 4 is 55.5 Å². The summed E-state index contributed by atoms with van der Waals surface area (Å²) in [6, 6.07) is 14.2. The van der Waals surface area contributed by atoms with Crippen LogP contribution in [-0.2, 0) is 0 Å². The van der Waals surface area contributed by atoms with E-state index in [1.165, 1.54) is 16.9 Å². The maximum Gasteiger partial charge on any atom is 0.189 e. The Morgan fingerprint density at radius 1 is 1.03 bits per heavy atom. The molecule has 2 aromatic carbocycles. The Hall–Kier alpha value is -3.14. The Morgan fingerprint density at radius 2 is 1.79 bits per heavy atom. The largest absolute Gasteiger partial charge is 0.353 e. The van der Waals surface area contributed by atoms with Crippen LogP contribution in [0.25, 0.3) is 10.3 Å². The fourth-order valence-electron chi connectivity index (χ4n) is 2.99. The van der Waals surface area contributed by atoms with E-state index in [9.17, 15) is 5.26 Å². The van der Waals surface area contributed by atoms with Crippen LogP contribution in [0.15, 0.2) is 42.6 Å². The fraction of sp³-hybridized carbons (Fsp3) is 0.136. The van der Waals surface area contributed by atoms with Crippen LogP contribution in [0.3, 0.4) is 0 Å². The van der Waals surface area contributed by atoms with E-state index in [1.54, 1.807) is 6.20 Å². The van der Waals surface area contributed by atoms with Crippen LogP contribution in [0.2, 0.25) is 5.02 Å². The molecule has 144 valence electrons. The van der Waals surface area contributed by atoms with E-state index in [0.717, 1.165) is 27.2 Å². The van der Waals surface area contributed by atoms with Gasteiger partial charge < -0.3 is 10.6 Å². The monoisotopic (exact) mass is 419 g/mol. The first kappa shape index (κ1) is 19.2. The summed E-state index contributed by atoms with van der Waals surface area (Å²) in [5, 5.41) is 17.7. The number of nitriles is 1. The van der Waals surface area contributed by atoms with Crippen molar-refractivity contribution in [1.29, 1.82) is 5.26 Å². The van der Waals surface area contributed by atoms with E-state index < -0.39 is 0 Å². The van der Waals surface area contributed by atoms with Crippen molar-refractivity contribution in [3.63, 3.8) is 0 Å². The number of nitrogens with one attached hydrogen (secondary N) is 2. The van der Waals surface area contributed by atoms with Crippen molar-refractivity contribution in [2.75, 3.05) is 10.6 Å². The summed E-state index contributed by atoms with van der Waals surface area (Å²) in [5.41, 5.74) is 6.78. The molecule has 0 spiro atoms. The van der Waals surface area contributed by atoms with Gasteiger partial charge in [0.15, 0.2) is 10.8 Å². The number of hydrogen-bond acceptors (Lipinski definition) is 6. The number of rotatable bonds is 4. The van der Waals surface area contributed by atoms with Gasteiger partial charge in [0, 0.05) is 22.6 Å². The molecule has 2 N–H and O–H groups in total. The molecule has 0 saturated carbocycles. The van der Waals surface area contributed by atoms with Gasteiger partial charge >= 0.3 is 0 Å². The molecule has 4 aromatic rings. The quantitative estimate of drug-likeness (QED) is 0.388. The molecule has 0 bridgehead atoms. The van der Waals surface area contributed by atoms with E-state index in [1.807, 2.05) is 57.2 Å². The zero-order chi connectivity index (χ0) is 20.5. The molecule has 0 aliphatic heterocycles. The molecule has 7 heteroatoms. The molecule has 0 saturated heterocycles. The molecule has 0 radical (unpaired) electrons. The number of pyridine rings is 1. The smallest absolute Gasteiger partial charge is 0.189 e. The molecular formula is C22H18ClN5S. The average molecular weight is 420 g/mol. The van der Waals surface area contributed by atoms with Crippen molar-refractivity contribution in [2.45, 2.75) is 20.8 Å². The van der Waals surface area contributed by atoms with Gasteiger partial charge in [-0.15, -0.1) is 0 Å². The number of hydrogen-bond donors (Lipinski definition) is 2. The van der Waals surface area contributed by atoms with Crippen LogP contribution in [0.4, 0.5) is 22.2 Å². The fourth-order valence-corrected chi connectivity index (χ4v) is 4.10. The highest BCUT2D eigenvalue weighted by Crippen LogP contribution is 2.37. The molecule has 0 amide bonds. The SMILES string of the molecule is Cc1ccc(Nc2nc3ncc(C#N)c(Nc4cc(Cl)c(C)cc4C)c3s2)cc1. The first-order valence-electron chi connectivity index (χ1n) is 9.01. The zero-order valence-corrected chi connectivity index (χ0v) is 17.7. The molecule has 0 unspecified atom stereocenters. The van der Waals surface area contributed by atoms with Gasteiger partial charge in [-0.2, -0.15) is 10.2 Å². The van der Waals surface area contributed by atoms with Crippen LogP contribution in [0.5, 0.6) is 0 Å².